The van der Waals surface area contributed by atoms with Crippen LogP contribution < -0.4 is 5.32 Å². The monoisotopic (exact) mass is 414 g/mol. The lowest BCUT2D eigenvalue weighted by atomic mass is 10.0. The Bertz CT molecular complexity index is 1170. The van der Waals surface area contributed by atoms with Gasteiger partial charge >= 0.3 is 0 Å². The first-order valence-corrected chi connectivity index (χ1v) is 10.1. The fraction of sp³-hybridized carbons (Fsp3) is 0.154. The molecule has 0 aliphatic carbocycles. The predicted molar refractivity (Wildman–Crippen MR) is 120 cm³/mol. The highest BCUT2D eigenvalue weighted by Crippen LogP contribution is 2.32. The number of benzene rings is 3. The van der Waals surface area contributed by atoms with Crippen LogP contribution in [0.4, 0.5) is 10.1 Å². The lowest BCUT2D eigenvalue weighted by molar-refractivity contribution is -0.137. The summed E-state index contributed by atoms with van der Waals surface area (Å²) in [6, 6.07) is 19.2. The van der Waals surface area contributed by atoms with Crippen molar-refractivity contribution in [3.05, 3.63) is 106 Å². The van der Waals surface area contributed by atoms with Gasteiger partial charge in [-0.15, -0.1) is 0 Å². The maximum Gasteiger partial charge on any atom is 0.278 e. The van der Waals surface area contributed by atoms with Crippen molar-refractivity contribution < 1.29 is 14.0 Å². The molecule has 0 saturated heterocycles. The van der Waals surface area contributed by atoms with Gasteiger partial charge in [0.05, 0.1) is 12.1 Å². The number of carbonyl (C=O) groups is 2. The number of amides is 2. The Morgan fingerprint density at radius 3 is 2.00 bits per heavy atom. The first-order valence-electron chi connectivity index (χ1n) is 10.1. The molecule has 0 unspecified atom stereocenters. The van der Waals surface area contributed by atoms with E-state index in [1.54, 1.807) is 12.1 Å². The van der Waals surface area contributed by atoms with Crippen molar-refractivity contribution in [2.24, 2.45) is 0 Å². The summed E-state index contributed by atoms with van der Waals surface area (Å²) in [5.74, 6) is -1.13. The lowest BCUT2D eigenvalue weighted by Gasteiger charge is -2.15. The van der Waals surface area contributed by atoms with Gasteiger partial charge < -0.3 is 5.32 Å². The van der Waals surface area contributed by atoms with E-state index >= 15 is 0 Å². The molecule has 4 nitrogen and oxygen atoms in total. The third-order valence-corrected chi connectivity index (χ3v) is 5.25. The number of hydrogen-bond donors (Lipinski definition) is 1. The molecular formula is C26H23FN2O2. The standard InChI is InChI=1S/C26H23FN2O2/c1-16-4-8-20(9-5-16)23-24(28-22-13-17(2)12-18(3)14-22)26(31)29(25(23)30)15-19-6-10-21(27)11-7-19/h4-14,28H,15H2,1-3H3. The van der Waals surface area contributed by atoms with Gasteiger partial charge in [0.15, 0.2) is 0 Å². The molecule has 0 fully saturated rings. The summed E-state index contributed by atoms with van der Waals surface area (Å²) in [7, 11) is 0. The van der Waals surface area contributed by atoms with E-state index in [2.05, 4.69) is 5.32 Å². The Hall–Kier alpha value is -3.73. The minimum atomic E-state index is -0.399. The van der Waals surface area contributed by atoms with Gasteiger partial charge in [-0.05, 0) is 67.3 Å². The first kappa shape index (κ1) is 20.5. The number of nitrogens with one attached hydrogen (secondary N) is 1. The number of nitrogens with zero attached hydrogens (tertiary/aromatic N) is 1. The average molecular weight is 414 g/mol. The molecule has 31 heavy (non-hydrogen) atoms. The molecule has 0 atom stereocenters. The Morgan fingerprint density at radius 2 is 1.39 bits per heavy atom. The molecule has 2 amide bonds. The average Bonchev–Trinajstić information content (AvgIpc) is 2.94. The van der Waals surface area contributed by atoms with Crippen molar-refractivity contribution in [3.8, 4) is 0 Å². The van der Waals surface area contributed by atoms with Crippen LogP contribution in [0.25, 0.3) is 5.57 Å². The number of anilines is 1. The Labute approximate surface area is 181 Å². The molecule has 3 aromatic carbocycles. The van der Waals surface area contributed by atoms with Gasteiger partial charge in [-0.1, -0.05) is 48.0 Å². The molecule has 0 bridgehead atoms. The second-order valence-electron chi connectivity index (χ2n) is 7.94. The van der Waals surface area contributed by atoms with Crippen LogP contribution in [0.1, 0.15) is 27.8 Å². The summed E-state index contributed by atoms with van der Waals surface area (Å²) in [6.07, 6.45) is 0. The van der Waals surface area contributed by atoms with Gasteiger partial charge in [-0.3, -0.25) is 14.5 Å². The molecular weight excluding hydrogens is 391 g/mol. The van der Waals surface area contributed by atoms with Gasteiger partial charge in [0.25, 0.3) is 11.8 Å². The number of imide groups is 1. The minimum absolute atomic E-state index is 0.0747. The fourth-order valence-electron chi connectivity index (χ4n) is 3.79. The maximum absolute atomic E-state index is 13.3. The Kier molecular flexibility index (Phi) is 5.42. The van der Waals surface area contributed by atoms with Crippen molar-refractivity contribution in [3.63, 3.8) is 0 Å². The summed E-state index contributed by atoms with van der Waals surface area (Å²) in [5, 5.41) is 3.20. The first-order chi connectivity index (χ1) is 14.8. The predicted octanol–water partition coefficient (Wildman–Crippen LogP) is 5.14. The number of carbonyl (C=O) groups excluding carboxylic acids is 2. The van der Waals surface area contributed by atoms with Crippen LogP contribution in [0, 0.1) is 26.6 Å². The van der Waals surface area contributed by atoms with Crippen molar-refractivity contribution >= 4 is 23.1 Å². The van der Waals surface area contributed by atoms with Crippen molar-refractivity contribution in [1.29, 1.82) is 0 Å². The van der Waals surface area contributed by atoms with Crippen LogP contribution in [0.3, 0.4) is 0 Å². The number of hydrogen-bond acceptors (Lipinski definition) is 3. The molecule has 1 heterocycles. The molecule has 4 rings (SSSR count). The van der Waals surface area contributed by atoms with Gasteiger partial charge in [-0.2, -0.15) is 0 Å². The molecule has 5 heteroatoms. The van der Waals surface area contributed by atoms with Crippen LogP contribution in [0.15, 0.2) is 72.4 Å². The van der Waals surface area contributed by atoms with E-state index in [0.29, 0.717) is 16.7 Å². The minimum Gasteiger partial charge on any atom is -0.350 e. The van der Waals surface area contributed by atoms with E-state index in [9.17, 15) is 14.0 Å². The number of halogens is 1. The molecule has 1 aliphatic rings. The van der Waals surface area contributed by atoms with Crippen molar-refractivity contribution in [2.45, 2.75) is 27.3 Å². The fourth-order valence-corrected chi connectivity index (χ4v) is 3.79. The zero-order valence-corrected chi connectivity index (χ0v) is 17.7. The van der Waals surface area contributed by atoms with Gasteiger partial charge in [0.1, 0.15) is 11.5 Å². The van der Waals surface area contributed by atoms with E-state index in [-0.39, 0.29) is 24.0 Å². The summed E-state index contributed by atoms with van der Waals surface area (Å²) in [5.41, 5.74) is 5.87. The molecule has 3 aromatic rings. The highest BCUT2D eigenvalue weighted by atomic mass is 19.1. The Morgan fingerprint density at radius 1 is 0.774 bits per heavy atom. The molecule has 0 spiro atoms. The quantitative estimate of drug-likeness (QED) is 0.588. The third-order valence-electron chi connectivity index (χ3n) is 5.25. The van der Waals surface area contributed by atoms with Crippen LogP contribution in [0.5, 0.6) is 0 Å². The zero-order chi connectivity index (χ0) is 22.1. The summed E-state index contributed by atoms with van der Waals surface area (Å²) < 4.78 is 13.3. The van der Waals surface area contributed by atoms with Gasteiger partial charge in [-0.25, -0.2) is 4.39 Å². The Balaban J connectivity index is 1.75. The van der Waals surface area contributed by atoms with Crippen molar-refractivity contribution in [2.75, 3.05) is 5.32 Å². The molecule has 0 saturated carbocycles. The molecule has 156 valence electrons. The second kappa shape index (κ2) is 8.19. The maximum atomic E-state index is 13.3. The van der Waals surface area contributed by atoms with E-state index in [0.717, 1.165) is 22.4 Å². The van der Waals surface area contributed by atoms with Crippen molar-refractivity contribution in [1.82, 2.24) is 4.90 Å². The largest absolute Gasteiger partial charge is 0.350 e. The highest BCUT2D eigenvalue weighted by Gasteiger charge is 2.39. The molecule has 1 N–H and O–H groups in total. The molecule has 1 aliphatic heterocycles. The summed E-state index contributed by atoms with van der Waals surface area (Å²) in [4.78, 5) is 27.9. The van der Waals surface area contributed by atoms with Gasteiger partial charge in [0.2, 0.25) is 0 Å². The normalized spacial score (nSPS) is 13.9. The van der Waals surface area contributed by atoms with E-state index < -0.39 is 5.91 Å². The van der Waals surface area contributed by atoms with Gasteiger partial charge in [0, 0.05) is 5.69 Å². The lowest BCUT2D eigenvalue weighted by Crippen LogP contribution is -2.32. The van der Waals surface area contributed by atoms with E-state index in [1.807, 2.05) is 63.2 Å². The smallest absolute Gasteiger partial charge is 0.278 e. The second-order valence-corrected chi connectivity index (χ2v) is 7.94. The van der Waals surface area contributed by atoms with Crippen LogP contribution in [-0.4, -0.2) is 16.7 Å². The number of aryl methyl sites for hydroxylation is 3. The zero-order valence-electron chi connectivity index (χ0n) is 17.7. The summed E-state index contributed by atoms with van der Waals surface area (Å²) >= 11 is 0. The van der Waals surface area contributed by atoms with E-state index in [1.165, 1.54) is 17.0 Å². The third kappa shape index (κ3) is 4.26. The van der Waals surface area contributed by atoms with Crippen LogP contribution in [0.2, 0.25) is 0 Å². The van der Waals surface area contributed by atoms with Crippen LogP contribution in [-0.2, 0) is 16.1 Å². The number of rotatable bonds is 5. The topological polar surface area (TPSA) is 49.4 Å². The summed E-state index contributed by atoms with van der Waals surface area (Å²) in [6.45, 7) is 6.01. The van der Waals surface area contributed by atoms with Crippen LogP contribution >= 0.6 is 0 Å². The molecule has 0 aromatic heterocycles. The highest BCUT2D eigenvalue weighted by molar-refractivity contribution is 6.36. The van der Waals surface area contributed by atoms with E-state index in [4.69, 9.17) is 0 Å². The molecule has 0 radical (unpaired) electrons. The SMILES string of the molecule is Cc1ccc(C2=C(Nc3cc(C)cc(C)c3)C(=O)N(Cc3ccc(F)cc3)C2=O)cc1.